The van der Waals surface area contributed by atoms with Crippen LogP contribution in [-0.2, 0) is 4.84 Å². The van der Waals surface area contributed by atoms with Crippen LogP contribution in [-0.4, -0.2) is 15.5 Å². The molecule has 2 aliphatic rings. The van der Waals surface area contributed by atoms with Gasteiger partial charge in [0.25, 0.3) is 5.69 Å². The second kappa shape index (κ2) is 4.38. The molecule has 1 aliphatic carbocycles. The lowest BCUT2D eigenvalue weighted by Gasteiger charge is -2.15. The standard InChI is InChI=1S/C13H12N2O4/c16-14(17)11-7-3-1-5-9(11)13-10-6-2-4-8-12(10)15(18)19-13/h1,3,5-7,13H,2,4,8H2/t13-/m1/s1. The van der Waals surface area contributed by atoms with E-state index in [2.05, 4.69) is 0 Å². The van der Waals surface area contributed by atoms with Gasteiger partial charge in [0, 0.05) is 23.0 Å². The molecule has 0 unspecified atom stereocenters. The first-order valence-electron chi connectivity index (χ1n) is 6.12. The average Bonchev–Trinajstić information content (AvgIpc) is 2.77. The molecule has 0 N–H and O–H groups in total. The molecule has 0 fully saturated rings. The largest absolute Gasteiger partial charge is 0.390 e. The van der Waals surface area contributed by atoms with Gasteiger partial charge in [-0.15, -0.1) is 0 Å². The summed E-state index contributed by atoms with van der Waals surface area (Å²) < 4.78 is 0. The number of hydrogen-bond acceptors (Lipinski definition) is 4. The molecule has 19 heavy (non-hydrogen) atoms. The van der Waals surface area contributed by atoms with Crippen molar-refractivity contribution in [2.24, 2.45) is 0 Å². The Bertz CT molecular complexity index is 606. The van der Waals surface area contributed by atoms with Gasteiger partial charge in [-0.2, -0.15) is 0 Å². The highest BCUT2D eigenvalue weighted by molar-refractivity contribution is 5.99. The van der Waals surface area contributed by atoms with Crippen LogP contribution in [0.4, 0.5) is 5.69 Å². The van der Waals surface area contributed by atoms with Crippen LogP contribution in [0.1, 0.15) is 30.9 Å². The molecule has 0 aromatic heterocycles. The van der Waals surface area contributed by atoms with Crippen LogP contribution in [0.25, 0.3) is 0 Å². The Kier molecular flexibility index (Phi) is 2.70. The van der Waals surface area contributed by atoms with Crippen LogP contribution in [0.2, 0.25) is 0 Å². The van der Waals surface area contributed by atoms with Crippen LogP contribution in [0.3, 0.4) is 0 Å². The van der Waals surface area contributed by atoms with Gasteiger partial charge in [-0.3, -0.25) is 15.3 Å². The molecule has 3 rings (SSSR count). The summed E-state index contributed by atoms with van der Waals surface area (Å²) in [7, 11) is 0. The number of benzene rings is 1. The lowest BCUT2D eigenvalue weighted by atomic mass is 9.90. The fraction of sp³-hybridized carbons (Fsp3) is 0.308. The summed E-state index contributed by atoms with van der Waals surface area (Å²) in [6.07, 6.45) is 3.72. The molecule has 0 spiro atoms. The topological polar surface area (TPSA) is 78.4 Å². The normalized spacial score (nSPS) is 21.7. The van der Waals surface area contributed by atoms with Gasteiger partial charge in [0.05, 0.1) is 10.5 Å². The van der Waals surface area contributed by atoms with Crippen molar-refractivity contribution in [2.75, 3.05) is 0 Å². The summed E-state index contributed by atoms with van der Waals surface area (Å²) in [5.74, 6) is 0. The summed E-state index contributed by atoms with van der Waals surface area (Å²) in [4.78, 5) is 16.4. The Morgan fingerprint density at radius 1 is 1.37 bits per heavy atom. The Hall–Kier alpha value is -2.37. The number of para-hydroxylation sites is 1. The third-order valence-electron chi connectivity index (χ3n) is 3.44. The van der Waals surface area contributed by atoms with Crippen LogP contribution in [0, 0.1) is 15.3 Å². The van der Waals surface area contributed by atoms with E-state index in [0.717, 1.165) is 18.4 Å². The van der Waals surface area contributed by atoms with Gasteiger partial charge in [-0.25, -0.2) is 0 Å². The third-order valence-corrected chi connectivity index (χ3v) is 3.44. The molecular weight excluding hydrogens is 248 g/mol. The highest BCUT2D eigenvalue weighted by Gasteiger charge is 2.38. The van der Waals surface area contributed by atoms with Crippen LogP contribution < -0.4 is 0 Å². The van der Waals surface area contributed by atoms with Gasteiger partial charge in [0.2, 0.25) is 5.71 Å². The first kappa shape index (κ1) is 11.7. The predicted molar refractivity (Wildman–Crippen MR) is 67.5 cm³/mol. The zero-order valence-electron chi connectivity index (χ0n) is 10.1. The van der Waals surface area contributed by atoms with Crippen molar-refractivity contribution in [2.45, 2.75) is 25.4 Å². The smallest absolute Gasteiger partial charge is 0.274 e. The molecule has 1 aromatic carbocycles. The maximum absolute atomic E-state index is 11.7. The average molecular weight is 260 g/mol. The first-order chi connectivity index (χ1) is 9.18. The molecular formula is C13H12N2O4. The Labute approximate surface area is 109 Å². The van der Waals surface area contributed by atoms with E-state index in [-0.39, 0.29) is 5.69 Å². The number of nitro benzene ring substituents is 1. The molecule has 0 bridgehead atoms. The van der Waals surface area contributed by atoms with Gasteiger partial charge in [-0.05, 0) is 12.8 Å². The van der Waals surface area contributed by atoms with E-state index in [4.69, 9.17) is 4.84 Å². The molecule has 1 aliphatic heterocycles. The monoisotopic (exact) mass is 260 g/mol. The summed E-state index contributed by atoms with van der Waals surface area (Å²) in [5.41, 5.74) is 1.77. The van der Waals surface area contributed by atoms with Crippen molar-refractivity contribution in [1.82, 2.24) is 0 Å². The van der Waals surface area contributed by atoms with Crippen molar-refractivity contribution < 1.29 is 14.7 Å². The minimum Gasteiger partial charge on any atom is -0.390 e. The van der Waals surface area contributed by atoms with Crippen molar-refractivity contribution in [1.29, 1.82) is 0 Å². The number of fused-ring (bicyclic) bond motifs is 1. The summed E-state index contributed by atoms with van der Waals surface area (Å²) >= 11 is 0. The van der Waals surface area contributed by atoms with Crippen molar-refractivity contribution in [3.63, 3.8) is 0 Å². The van der Waals surface area contributed by atoms with Gasteiger partial charge in [0.15, 0.2) is 0 Å². The molecule has 1 aromatic rings. The maximum atomic E-state index is 11.7. The molecule has 6 nitrogen and oxygen atoms in total. The molecule has 0 radical (unpaired) electrons. The Morgan fingerprint density at radius 3 is 2.95 bits per heavy atom. The van der Waals surface area contributed by atoms with Crippen LogP contribution >= 0.6 is 0 Å². The zero-order chi connectivity index (χ0) is 13.4. The fourth-order valence-corrected chi connectivity index (χ4v) is 2.56. The Balaban J connectivity index is 2.06. The second-order valence-electron chi connectivity index (χ2n) is 4.56. The van der Waals surface area contributed by atoms with Gasteiger partial charge in [0.1, 0.15) is 6.10 Å². The maximum Gasteiger partial charge on any atom is 0.274 e. The minimum absolute atomic E-state index is 0.0198. The third kappa shape index (κ3) is 1.85. The number of nitro groups is 1. The Morgan fingerprint density at radius 2 is 2.16 bits per heavy atom. The molecule has 6 heteroatoms. The number of nitrogens with zero attached hydrogens (tertiary/aromatic N) is 2. The lowest BCUT2D eigenvalue weighted by Crippen LogP contribution is -2.11. The van der Waals surface area contributed by atoms with Crippen molar-refractivity contribution in [3.05, 3.63) is 56.8 Å². The fourth-order valence-electron chi connectivity index (χ4n) is 2.56. The minimum atomic E-state index is -0.658. The molecule has 1 atom stereocenters. The van der Waals surface area contributed by atoms with E-state index < -0.39 is 11.0 Å². The first-order valence-corrected chi connectivity index (χ1v) is 6.12. The van der Waals surface area contributed by atoms with E-state index in [1.54, 1.807) is 18.2 Å². The van der Waals surface area contributed by atoms with E-state index >= 15 is 0 Å². The summed E-state index contributed by atoms with van der Waals surface area (Å²) in [6, 6.07) is 6.37. The predicted octanol–water partition coefficient (Wildman–Crippen LogP) is 2.64. The quantitative estimate of drug-likeness (QED) is 0.465. The number of allylic oxidation sites excluding steroid dienone is 1. The van der Waals surface area contributed by atoms with Crippen molar-refractivity contribution >= 4 is 11.4 Å². The second-order valence-corrected chi connectivity index (χ2v) is 4.56. The SMILES string of the molecule is O=[N+]([O-])c1ccccc1[C@H]1O[N+]([O-])=C2CCCC=C21. The summed E-state index contributed by atoms with van der Waals surface area (Å²) in [6.45, 7) is 0. The zero-order valence-corrected chi connectivity index (χ0v) is 10.1. The molecule has 0 saturated carbocycles. The van der Waals surface area contributed by atoms with Crippen LogP contribution in [0.15, 0.2) is 35.9 Å². The highest BCUT2D eigenvalue weighted by atomic mass is 16.9. The van der Waals surface area contributed by atoms with Gasteiger partial charge in [-0.1, -0.05) is 24.3 Å². The van der Waals surface area contributed by atoms with E-state index in [1.165, 1.54) is 6.07 Å². The molecule has 0 amide bonds. The van der Waals surface area contributed by atoms with E-state index in [9.17, 15) is 15.3 Å². The van der Waals surface area contributed by atoms with E-state index in [1.807, 2.05) is 6.08 Å². The van der Waals surface area contributed by atoms with Crippen LogP contribution in [0.5, 0.6) is 0 Å². The van der Waals surface area contributed by atoms with Gasteiger partial charge >= 0.3 is 0 Å². The molecule has 98 valence electrons. The van der Waals surface area contributed by atoms with Gasteiger partial charge < -0.3 is 4.84 Å². The number of hydrogen-bond donors (Lipinski definition) is 0. The number of rotatable bonds is 2. The molecule has 0 saturated heterocycles. The van der Waals surface area contributed by atoms with Crippen molar-refractivity contribution in [3.8, 4) is 0 Å². The lowest BCUT2D eigenvalue weighted by molar-refractivity contribution is -0.743. The summed E-state index contributed by atoms with van der Waals surface area (Å²) in [5, 5.41) is 22.8. The highest BCUT2D eigenvalue weighted by Crippen LogP contribution is 2.39. The van der Waals surface area contributed by atoms with E-state index in [0.29, 0.717) is 22.6 Å². The molecule has 1 heterocycles.